The summed E-state index contributed by atoms with van der Waals surface area (Å²) in [7, 11) is 0. The van der Waals surface area contributed by atoms with E-state index in [1.807, 2.05) is 0 Å². The third-order valence-electron chi connectivity index (χ3n) is 4.88. The Hall–Kier alpha value is -2.42. The van der Waals surface area contributed by atoms with Crippen molar-refractivity contribution in [2.24, 2.45) is 11.8 Å². The van der Waals surface area contributed by atoms with Crippen LogP contribution in [0.5, 0.6) is 0 Å². The maximum absolute atomic E-state index is 12.1. The van der Waals surface area contributed by atoms with Crippen LogP contribution in [-0.4, -0.2) is 60.3 Å². The second kappa shape index (κ2) is 11.3. The smallest absolute Gasteiger partial charge is 0.290 e. The molecule has 3 rings (SSSR count). The van der Waals surface area contributed by atoms with Crippen molar-refractivity contribution < 1.29 is 19.4 Å². The summed E-state index contributed by atoms with van der Waals surface area (Å²) in [6.07, 6.45) is 6.53. The highest BCUT2D eigenvalue weighted by atomic mass is 16.5. The number of nitrogen functional groups attached to an aromatic ring is 1. The van der Waals surface area contributed by atoms with Crippen molar-refractivity contribution in [1.82, 2.24) is 15.3 Å². The quantitative estimate of drug-likeness (QED) is 0.644. The van der Waals surface area contributed by atoms with Crippen LogP contribution in [0.3, 0.4) is 0 Å². The maximum atomic E-state index is 12.1. The number of hydrogen-bond donors (Lipinski definition) is 3. The summed E-state index contributed by atoms with van der Waals surface area (Å²) in [5.74, 6) is 2.28. The Morgan fingerprint density at radius 2 is 2.11 bits per heavy atom. The summed E-state index contributed by atoms with van der Waals surface area (Å²) in [5.41, 5.74) is 5.72. The second-order valence-corrected chi connectivity index (χ2v) is 6.91. The lowest BCUT2D eigenvalue weighted by molar-refractivity contribution is -0.124. The number of hydrogen-bond acceptors (Lipinski definition) is 7. The summed E-state index contributed by atoms with van der Waals surface area (Å²) >= 11 is 0. The van der Waals surface area contributed by atoms with E-state index >= 15 is 0 Å². The molecule has 9 nitrogen and oxygen atoms in total. The first-order valence-electron chi connectivity index (χ1n) is 9.38. The molecule has 2 fully saturated rings. The molecule has 0 bridgehead atoms. The summed E-state index contributed by atoms with van der Waals surface area (Å²) in [4.78, 5) is 31.1. The van der Waals surface area contributed by atoms with E-state index in [4.69, 9.17) is 20.4 Å². The number of carbonyl (C=O) groups excluding carboxylic acids is 1. The highest BCUT2D eigenvalue weighted by Gasteiger charge is 2.22. The minimum absolute atomic E-state index is 0.159. The van der Waals surface area contributed by atoms with Gasteiger partial charge in [-0.1, -0.05) is 0 Å². The third-order valence-corrected chi connectivity index (χ3v) is 4.88. The molecule has 2 aliphatic heterocycles. The van der Waals surface area contributed by atoms with Crippen LogP contribution in [0.4, 0.5) is 11.8 Å². The Kier molecular flexibility index (Phi) is 8.76. The van der Waals surface area contributed by atoms with Gasteiger partial charge in [0.25, 0.3) is 6.47 Å². The maximum Gasteiger partial charge on any atom is 0.290 e. The SMILES string of the molecule is Nc1ccnc(N2CCC(CNC(=O)CC3CCCOC3)CC2)n1.O=CO. The number of rotatable bonds is 5. The highest BCUT2D eigenvalue weighted by molar-refractivity contribution is 5.76. The molecule has 1 amide bonds. The first-order valence-corrected chi connectivity index (χ1v) is 9.38. The zero-order valence-electron chi connectivity index (χ0n) is 15.5. The van der Waals surface area contributed by atoms with E-state index in [2.05, 4.69) is 20.2 Å². The van der Waals surface area contributed by atoms with E-state index in [-0.39, 0.29) is 12.4 Å². The minimum Gasteiger partial charge on any atom is -0.483 e. The molecule has 4 N–H and O–H groups in total. The van der Waals surface area contributed by atoms with Gasteiger partial charge < -0.3 is 25.8 Å². The van der Waals surface area contributed by atoms with E-state index in [9.17, 15) is 4.79 Å². The summed E-state index contributed by atoms with van der Waals surface area (Å²) in [6.45, 7) is 3.89. The van der Waals surface area contributed by atoms with Crippen LogP contribution in [0.15, 0.2) is 12.3 Å². The lowest BCUT2D eigenvalue weighted by Gasteiger charge is -2.32. The molecular weight excluding hydrogens is 350 g/mol. The number of nitrogens with zero attached hydrogens (tertiary/aromatic N) is 3. The molecule has 0 aromatic carbocycles. The van der Waals surface area contributed by atoms with E-state index in [1.54, 1.807) is 12.3 Å². The normalized spacial score (nSPS) is 20.3. The topological polar surface area (TPSA) is 131 Å². The van der Waals surface area contributed by atoms with E-state index < -0.39 is 0 Å². The average molecular weight is 379 g/mol. The van der Waals surface area contributed by atoms with Crippen LogP contribution >= 0.6 is 0 Å². The van der Waals surface area contributed by atoms with E-state index in [0.29, 0.717) is 30.0 Å². The van der Waals surface area contributed by atoms with Gasteiger partial charge in [0, 0.05) is 45.5 Å². The summed E-state index contributed by atoms with van der Waals surface area (Å²) in [5, 5.41) is 9.99. The molecule has 27 heavy (non-hydrogen) atoms. The van der Waals surface area contributed by atoms with Crippen molar-refractivity contribution >= 4 is 24.1 Å². The molecule has 1 unspecified atom stereocenters. The van der Waals surface area contributed by atoms with E-state index in [1.165, 1.54) is 0 Å². The van der Waals surface area contributed by atoms with Gasteiger partial charge in [-0.15, -0.1) is 0 Å². The Bertz CT molecular complexity index is 587. The number of piperidine rings is 1. The van der Waals surface area contributed by atoms with Crippen LogP contribution in [0, 0.1) is 11.8 Å². The van der Waals surface area contributed by atoms with Gasteiger partial charge in [-0.3, -0.25) is 9.59 Å². The minimum atomic E-state index is -0.250. The molecule has 0 aliphatic carbocycles. The van der Waals surface area contributed by atoms with Crippen LogP contribution < -0.4 is 16.0 Å². The van der Waals surface area contributed by atoms with Crippen LogP contribution in [0.1, 0.15) is 32.1 Å². The predicted octanol–water partition coefficient (Wildman–Crippen LogP) is 0.909. The molecule has 0 radical (unpaired) electrons. The third kappa shape index (κ3) is 7.38. The van der Waals surface area contributed by atoms with Gasteiger partial charge in [0.1, 0.15) is 5.82 Å². The van der Waals surface area contributed by atoms with Gasteiger partial charge in [0.05, 0.1) is 0 Å². The molecule has 2 saturated heterocycles. The molecule has 0 saturated carbocycles. The molecule has 2 aliphatic rings. The first kappa shape index (κ1) is 20.9. The Balaban J connectivity index is 0.000000817. The number of carboxylic acid groups (broad SMARTS) is 1. The molecular formula is C18H29N5O4. The number of ether oxygens (including phenoxy) is 1. The van der Waals surface area contributed by atoms with Gasteiger partial charge in [0.2, 0.25) is 11.9 Å². The molecule has 3 heterocycles. The van der Waals surface area contributed by atoms with Crippen molar-refractivity contribution in [1.29, 1.82) is 0 Å². The van der Waals surface area contributed by atoms with Crippen molar-refractivity contribution in [2.75, 3.05) is 43.5 Å². The largest absolute Gasteiger partial charge is 0.483 e. The van der Waals surface area contributed by atoms with Crippen molar-refractivity contribution in [3.05, 3.63) is 12.3 Å². The van der Waals surface area contributed by atoms with Crippen molar-refractivity contribution in [3.8, 4) is 0 Å². The fraction of sp³-hybridized carbons (Fsp3) is 0.667. The van der Waals surface area contributed by atoms with Crippen LogP contribution in [0.2, 0.25) is 0 Å². The number of nitrogens with two attached hydrogens (primary N) is 1. The lowest BCUT2D eigenvalue weighted by atomic mass is 9.96. The first-order chi connectivity index (χ1) is 13.1. The second-order valence-electron chi connectivity index (χ2n) is 6.91. The van der Waals surface area contributed by atoms with Gasteiger partial charge in [-0.25, -0.2) is 4.98 Å². The Morgan fingerprint density at radius 3 is 2.74 bits per heavy atom. The zero-order valence-corrected chi connectivity index (χ0v) is 15.5. The molecule has 1 atom stereocenters. The molecule has 0 spiro atoms. The fourth-order valence-corrected chi connectivity index (χ4v) is 3.41. The van der Waals surface area contributed by atoms with Crippen LogP contribution in [0.25, 0.3) is 0 Å². The van der Waals surface area contributed by atoms with E-state index in [0.717, 1.165) is 58.5 Å². The average Bonchev–Trinajstić information content (AvgIpc) is 2.68. The van der Waals surface area contributed by atoms with Crippen molar-refractivity contribution in [3.63, 3.8) is 0 Å². The molecule has 1 aromatic heterocycles. The Morgan fingerprint density at radius 1 is 1.37 bits per heavy atom. The lowest BCUT2D eigenvalue weighted by Crippen LogP contribution is -2.40. The fourth-order valence-electron chi connectivity index (χ4n) is 3.41. The monoisotopic (exact) mass is 379 g/mol. The Labute approximate surface area is 159 Å². The standard InChI is InChI=1S/C17H27N5O2.CH2O2/c18-15-3-6-19-17(21-15)22-7-4-13(5-8-22)11-20-16(23)10-14-2-1-9-24-12-14;2-1-3/h3,6,13-14H,1-2,4-5,7-12H2,(H,20,23)(H2,18,19,21);1H,(H,2,3). The van der Waals surface area contributed by atoms with Gasteiger partial charge in [-0.2, -0.15) is 4.98 Å². The number of amides is 1. The van der Waals surface area contributed by atoms with Crippen LogP contribution in [-0.2, 0) is 14.3 Å². The molecule has 150 valence electrons. The van der Waals surface area contributed by atoms with Crippen molar-refractivity contribution in [2.45, 2.75) is 32.1 Å². The number of nitrogens with one attached hydrogen (secondary N) is 1. The number of anilines is 2. The highest BCUT2D eigenvalue weighted by Crippen LogP contribution is 2.21. The summed E-state index contributed by atoms with van der Waals surface area (Å²) in [6, 6.07) is 1.70. The number of carbonyl (C=O) groups is 2. The van der Waals surface area contributed by atoms with Gasteiger partial charge in [0.15, 0.2) is 0 Å². The zero-order chi connectivity index (χ0) is 19.5. The molecule has 1 aromatic rings. The molecule has 9 heteroatoms. The predicted molar refractivity (Wildman–Crippen MR) is 101 cm³/mol. The van der Waals surface area contributed by atoms with Gasteiger partial charge in [-0.05, 0) is 43.6 Å². The van der Waals surface area contributed by atoms with Gasteiger partial charge >= 0.3 is 0 Å². The summed E-state index contributed by atoms with van der Waals surface area (Å²) < 4.78 is 5.43. The number of aromatic nitrogens is 2.